The van der Waals surface area contributed by atoms with Crippen LogP contribution in [0.3, 0.4) is 0 Å². The molecule has 0 spiro atoms. The zero-order valence-electron chi connectivity index (χ0n) is 20.7. The van der Waals surface area contributed by atoms with Crippen LogP contribution in [0.15, 0.2) is 77.7 Å². The van der Waals surface area contributed by atoms with Crippen LogP contribution in [0.5, 0.6) is 5.75 Å². The van der Waals surface area contributed by atoms with Gasteiger partial charge in [-0.1, -0.05) is 67.4 Å². The molecule has 0 saturated heterocycles. The molecule has 0 aromatic heterocycles. The van der Waals surface area contributed by atoms with Gasteiger partial charge < -0.3 is 10.1 Å². The van der Waals surface area contributed by atoms with Gasteiger partial charge in [-0.2, -0.15) is 0 Å². The summed E-state index contributed by atoms with van der Waals surface area (Å²) in [6, 6.07) is 20.4. The average Bonchev–Trinajstić information content (AvgIpc) is 2.87. The molecular formula is C28H31ClN2O4S. The number of sulfonamides is 1. The molecule has 0 unspecified atom stereocenters. The summed E-state index contributed by atoms with van der Waals surface area (Å²) in [5, 5.41) is 3.47. The molecule has 1 amide bonds. The molecule has 1 aliphatic rings. The number of para-hydroxylation sites is 1. The molecule has 36 heavy (non-hydrogen) atoms. The highest BCUT2D eigenvalue weighted by atomic mass is 35.5. The van der Waals surface area contributed by atoms with Crippen molar-refractivity contribution in [2.45, 2.75) is 56.6 Å². The lowest BCUT2D eigenvalue weighted by Crippen LogP contribution is -2.47. The lowest BCUT2D eigenvalue weighted by molar-refractivity contribution is -0.121. The quantitative estimate of drug-likeness (QED) is 0.388. The van der Waals surface area contributed by atoms with E-state index in [1.165, 1.54) is 0 Å². The molecule has 8 heteroatoms. The predicted molar refractivity (Wildman–Crippen MR) is 143 cm³/mol. The predicted octanol–water partition coefficient (Wildman–Crippen LogP) is 6.04. The van der Waals surface area contributed by atoms with Gasteiger partial charge in [0.25, 0.3) is 10.0 Å². The fraction of sp³-hybridized carbons (Fsp3) is 0.321. The standard InChI is InChI=1S/C28H31ClN2O4S/c1-4-28(5-2)18-25(24-11-6-7-12-26(24)35-28)30-27(32)19-31(22-10-8-9-21(29)17-22)36(33,34)23-15-13-20(3)14-16-23/h6-17,25H,4-5,18-19H2,1-3H3,(H,30,32)/t25-/m1/s1. The van der Waals surface area contributed by atoms with Gasteiger partial charge in [-0.3, -0.25) is 9.10 Å². The van der Waals surface area contributed by atoms with Crippen LogP contribution in [0.25, 0.3) is 0 Å². The van der Waals surface area contributed by atoms with E-state index in [0.29, 0.717) is 17.1 Å². The van der Waals surface area contributed by atoms with Gasteiger partial charge >= 0.3 is 0 Å². The van der Waals surface area contributed by atoms with Crippen molar-refractivity contribution in [2.75, 3.05) is 10.8 Å². The van der Waals surface area contributed by atoms with E-state index in [1.54, 1.807) is 48.5 Å². The molecule has 1 atom stereocenters. The van der Waals surface area contributed by atoms with E-state index < -0.39 is 21.5 Å². The van der Waals surface area contributed by atoms with E-state index in [9.17, 15) is 13.2 Å². The van der Waals surface area contributed by atoms with Crippen LogP contribution < -0.4 is 14.4 Å². The first-order valence-electron chi connectivity index (χ1n) is 12.1. The number of aryl methyl sites for hydroxylation is 1. The number of halogens is 1. The lowest BCUT2D eigenvalue weighted by atomic mass is 9.83. The number of hydrogen-bond donors (Lipinski definition) is 1. The number of amides is 1. The Kier molecular flexibility index (Phi) is 7.62. The largest absolute Gasteiger partial charge is 0.487 e. The maximum atomic E-state index is 13.7. The van der Waals surface area contributed by atoms with Crippen molar-refractivity contribution >= 4 is 33.2 Å². The number of benzene rings is 3. The molecule has 6 nitrogen and oxygen atoms in total. The minimum atomic E-state index is -4.03. The zero-order chi connectivity index (χ0) is 25.9. The highest BCUT2D eigenvalue weighted by molar-refractivity contribution is 7.92. The number of anilines is 1. The molecule has 0 bridgehead atoms. The Bertz CT molecular complexity index is 1340. The third-order valence-electron chi connectivity index (χ3n) is 6.81. The summed E-state index contributed by atoms with van der Waals surface area (Å²) in [5.74, 6) is 0.338. The molecule has 4 rings (SSSR count). The van der Waals surface area contributed by atoms with Gasteiger partial charge in [0.15, 0.2) is 0 Å². The first kappa shape index (κ1) is 26.0. The summed E-state index contributed by atoms with van der Waals surface area (Å²) in [7, 11) is -4.03. The van der Waals surface area contributed by atoms with E-state index in [1.807, 2.05) is 31.2 Å². The van der Waals surface area contributed by atoms with Gasteiger partial charge in [0.2, 0.25) is 5.91 Å². The molecule has 1 N–H and O–H groups in total. The van der Waals surface area contributed by atoms with Crippen molar-refractivity contribution in [1.82, 2.24) is 5.32 Å². The highest BCUT2D eigenvalue weighted by Crippen LogP contribution is 2.42. The Hall–Kier alpha value is -3.03. The number of nitrogens with zero attached hydrogens (tertiary/aromatic N) is 1. The monoisotopic (exact) mass is 526 g/mol. The van der Waals surface area contributed by atoms with Crippen LogP contribution in [0.2, 0.25) is 5.02 Å². The van der Waals surface area contributed by atoms with Crippen LogP contribution in [0.4, 0.5) is 5.69 Å². The molecule has 1 aliphatic heterocycles. The van der Waals surface area contributed by atoms with Crippen molar-refractivity contribution in [3.05, 3.63) is 88.9 Å². The van der Waals surface area contributed by atoms with Gasteiger partial charge in [-0.05, 0) is 56.2 Å². The van der Waals surface area contributed by atoms with Crippen molar-refractivity contribution < 1.29 is 17.9 Å². The van der Waals surface area contributed by atoms with E-state index in [4.69, 9.17) is 16.3 Å². The molecule has 190 valence electrons. The number of ether oxygens (including phenoxy) is 1. The summed E-state index contributed by atoms with van der Waals surface area (Å²) in [6.07, 6.45) is 2.19. The van der Waals surface area contributed by atoms with E-state index in [2.05, 4.69) is 19.2 Å². The maximum absolute atomic E-state index is 13.7. The highest BCUT2D eigenvalue weighted by Gasteiger charge is 2.39. The summed E-state index contributed by atoms with van der Waals surface area (Å²) >= 11 is 6.18. The van der Waals surface area contributed by atoms with Crippen molar-refractivity contribution in [2.24, 2.45) is 0 Å². The zero-order valence-corrected chi connectivity index (χ0v) is 22.3. The van der Waals surface area contributed by atoms with Crippen LogP contribution in [-0.4, -0.2) is 26.5 Å². The third-order valence-corrected chi connectivity index (χ3v) is 8.84. The van der Waals surface area contributed by atoms with Crippen LogP contribution in [0, 0.1) is 6.92 Å². The van der Waals surface area contributed by atoms with Crippen molar-refractivity contribution in [3.8, 4) is 5.75 Å². The minimum absolute atomic E-state index is 0.105. The maximum Gasteiger partial charge on any atom is 0.264 e. The normalized spacial score (nSPS) is 16.5. The Morgan fingerprint density at radius 3 is 2.42 bits per heavy atom. The number of hydrogen-bond acceptors (Lipinski definition) is 4. The van der Waals surface area contributed by atoms with Gasteiger partial charge in [0.1, 0.15) is 17.9 Å². The number of fused-ring (bicyclic) bond motifs is 1. The fourth-order valence-corrected chi connectivity index (χ4v) is 6.18. The van der Waals surface area contributed by atoms with E-state index in [0.717, 1.165) is 34.0 Å². The molecular weight excluding hydrogens is 496 g/mol. The van der Waals surface area contributed by atoms with Crippen molar-refractivity contribution in [1.29, 1.82) is 0 Å². The van der Waals surface area contributed by atoms with E-state index >= 15 is 0 Å². The van der Waals surface area contributed by atoms with Gasteiger partial charge in [-0.15, -0.1) is 0 Å². The number of carbonyl (C=O) groups excluding carboxylic acids is 1. The molecule has 0 aliphatic carbocycles. The molecule has 0 fully saturated rings. The summed E-state index contributed by atoms with van der Waals surface area (Å²) in [4.78, 5) is 13.5. The molecule has 0 radical (unpaired) electrons. The Morgan fingerprint density at radius 1 is 1.06 bits per heavy atom. The fourth-order valence-electron chi connectivity index (χ4n) is 4.58. The second-order valence-corrected chi connectivity index (χ2v) is 11.5. The van der Waals surface area contributed by atoms with Crippen LogP contribution >= 0.6 is 11.6 Å². The summed E-state index contributed by atoms with van der Waals surface area (Å²) in [6.45, 7) is 5.65. The molecule has 3 aromatic rings. The smallest absolute Gasteiger partial charge is 0.264 e. The average molecular weight is 527 g/mol. The second kappa shape index (κ2) is 10.5. The van der Waals surface area contributed by atoms with Crippen LogP contribution in [-0.2, 0) is 14.8 Å². The SMILES string of the molecule is CCC1(CC)C[C@@H](NC(=O)CN(c2cccc(Cl)c2)S(=O)(=O)c2ccc(C)cc2)c2ccccc2O1. The Morgan fingerprint density at radius 2 is 1.75 bits per heavy atom. The number of nitrogens with one attached hydrogen (secondary N) is 1. The van der Waals surface area contributed by atoms with Gasteiger partial charge in [0, 0.05) is 17.0 Å². The summed E-state index contributed by atoms with van der Waals surface area (Å²) in [5.41, 5.74) is 1.75. The topological polar surface area (TPSA) is 75.7 Å². The molecule has 0 saturated carbocycles. The van der Waals surface area contributed by atoms with E-state index in [-0.39, 0.29) is 17.5 Å². The van der Waals surface area contributed by atoms with Crippen LogP contribution in [0.1, 0.15) is 50.3 Å². The first-order chi connectivity index (χ1) is 17.2. The second-order valence-electron chi connectivity index (χ2n) is 9.16. The molecule has 1 heterocycles. The number of rotatable bonds is 8. The Labute approximate surface area is 218 Å². The summed E-state index contributed by atoms with van der Waals surface area (Å²) < 4.78 is 34.8. The van der Waals surface area contributed by atoms with Gasteiger partial charge in [-0.25, -0.2) is 8.42 Å². The minimum Gasteiger partial charge on any atom is -0.487 e. The third kappa shape index (κ3) is 5.37. The Balaban J connectivity index is 1.65. The first-order valence-corrected chi connectivity index (χ1v) is 13.9. The molecule has 3 aromatic carbocycles. The number of carbonyl (C=O) groups is 1. The van der Waals surface area contributed by atoms with Crippen molar-refractivity contribution in [3.63, 3.8) is 0 Å². The lowest BCUT2D eigenvalue weighted by Gasteiger charge is -2.41. The van der Waals surface area contributed by atoms with Gasteiger partial charge in [0.05, 0.1) is 16.6 Å².